The number of nitrogens with zero attached hydrogens (tertiary/aromatic N) is 7. The molecule has 1 saturated carbocycles. The average Bonchev–Trinajstić information content (AvgIpc) is 3.56. The Morgan fingerprint density at radius 2 is 2.00 bits per heavy atom. The third-order valence-corrected chi connectivity index (χ3v) is 7.31. The first-order chi connectivity index (χ1) is 18.2. The van der Waals surface area contributed by atoms with Crippen LogP contribution >= 0.6 is 0 Å². The van der Waals surface area contributed by atoms with Crippen molar-refractivity contribution in [3.8, 4) is 11.3 Å². The number of imidazole rings is 1. The van der Waals surface area contributed by atoms with E-state index in [2.05, 4.69) is 37.3 Å². The predicted molar refractivity (Wildman–Crippen MR) is 144 cm³/mol. The summed E-state index contributed by atoms with van der Waals surface area (Å²) in [7, 11) is 0. The molecule has 0 radical (unpaired) electrons. The van der Waals surface area contributed by atoms with Gasteiger partial charge in [-0.05, 0) is 49.1 Å². The summed E-state index contributed by atoms with van der Waals surface area (Å²) in [5.74, 6) is 0.843. The van der Waals surface area contributed by atoms with E-state index in [0.29, 0.717) is 23.6 Å². The van der Waals surface area contributed by atoms with Crippen LogP contribution in [-0.4, -0.2) is 51.7 Å². The third-order valence-electron chi connectivity index (χ3n) is 7.31. The molecule has 0 aromatic carbocycles. The van der Waals surface area contributed by atoms with Crippen LogP contribution < -0.4 is 5.32 Å². The highest BCUT2D eigenvalue weighted by Gasteiger charge is 2.25. The zero-order valence-electron chi connectivity index (χ0n) is 21.9. The maximum absolute atomic E-state index is 11.9. The van der Waals surface area contributed by atoms with Crippen LogP contribution in [0.25, 0.3) is 27.9 Å². The van der Waals surface area contributed by atoms with Crippen molar-refractivity contribution < 1.29 is 9.90 Å². The molecule has 10 nitrogen and oxygen atoms in total. The second-order valence-electron chi connectivity index (χ2n) is 11.3. The number of hydrogen-bond acceptors (Lipinski definition) is 6. The van der Waals surface area contributed by atoms with Gasteiger partial charge in [0, 0.05) is 47.2 Å². The number of carbonyl (C=O) groups is 1. The van der Waals surface area contributed by atoms with Crippen LogP contribution in [-0.2, 0) is 18.5 Å². The number of hydrogen-bond donors (Lipinski definition) is 2. The summed E-state index contributed by atoms with van der Waals surface area (Å²) in [5.41, 5.74) is 5.24. The van der Waals surface area contributed by atoms with Crippen molar-refractivity contribution in [2.75, 3.05) is 6.54 Å². The lowest BCUT2D eigenvalue weighted by Gasteiger charge is -2.25. The third kappa shape index (κ3) is 4.67. The quantitative estimate of drug-likeness (QED) is 0.325. The molecule has 38 heavy (non-hydrogen) atoms. The van der Waals surface area contributed by atoms with Crippen LogP contribution in [0.4, 0.5) is 4.79 Å². The fraction of sp³-hybridized carbons (Fsp3) is 0.393. The smallest absolute Gasteiger partial charge is 0.417 e. The van der Waals surface area contributed by atoms with Gasteiger partial charge in [-0.25, -0.2) is 24.0 Å². The van der Waals surface area contributed by atoms with Gasteiger partial charge in [-0.3, -0.25) is 0 Å². The molecular weight excluding hydrogens is 480 g/mol. The Balaban J connectivity index is 1.19. The molecule has 5 aromatic rings. The SMILES string of the molecule is CC(C)(C)c1cc2cc(-c3cn(Cc4cn5cc(CNCC6CCC6)ccc5n4)nn3)cnc2n1C(=O)O. The highest BCUT2D eigenvalue weighted by Crippen LogP contribution is 2.30. The first-order valence-electron chi connectivity index (χ1n) is 13.1. The Morgan fingerprint density at radius 1 is 1.16 bits per heavy atom. The minimum absolute atomic E-state index is 0.343. The van der Waals surface area contributed by atoms with Crippen molar-refractivity contribution in [1.29, 1.82) is 0 Å². The number of aromatic nitrogens is 7. The van der Waals surface area contributed by atoms with Gasteiger partial charge in [0.15, 0.2) is 0 Å². The molecule has 5 aromatic heterocycles. The van der Waals surface area contributed by atoms with Crippen molar-refractivity contribution >= 4 is 22.8 Å². The van der Waals surface area contributed by atoms with E-state index < -0.39 is 6.09 Å². The van der Waals surface area contributed by atoms with Crippen molar-refractivity contribution in [3.05, 3.63) is 66.0 Å². The van der Waals surface area contributed by atoms with Gasteiger partial charge in [-0.2, -0.15) is 0 Å². The van der Waals surface area contributed by atoms with Crippen LogP contribution in [0.15, 0.2) is 49.1 Å². The summed E-state index contributed by atoms with van der Waals surface area (Å²) in [6.45, 7) is 8.40. The molecule has 10 heteroatoms. The molecule has 2 N–H and O–H groups in total. The van der Waals surface area contributed by atoms with E-state index in [0.717, 1.165) is 41.3 Å². The number of nitrogens with one attached hydrogen (secondary N) is 1. The van der Waals surface area contributed by atoms with Crippen LogP contribution in [0.2, 0.25) is 0 Å². The maximum Gasteiger partial charge on any atom is 0.417 e. The van der Waals surface area contributed by atoms with E-state index in [1.54, 1.807) is 10.9 Å². The number of rotatable bonds is 7. The van der Waals surface area contributed by atoms with Crippen LogP contribution in [0.3, 0.4) is 0 Å². The second kappa shape index (κ2) is 9.36. The molecular formula is C28H32N8O2. The molecule has 1 aliphatic rings. The first kappa shape index (κ1) is 24.3. The molecule has 0 unspecified atom stereocenters. The molecule has 6 rings (SSSR count). The van der Waals surface area contributed by atoms with E-state index in [-0.39, 0.29) is 5.41 Å². The molecule has 0 amide bonds. The molecule has 0 atom stereocenters. The van der Waals surface area contributed by atoms with Crippen molar-refractivity contribution in [1.82, 2.24) is 39.2 Å². The van der Waals surface area contributed by atoms with Gasteiger partial charge in [-0.1, -0.05) is 38.5 Å². The molecule has 0 bridgehead atoms. The zero-order chi connectivity index (χ0) is 26.4. The van der Waals surface area contributed by atoms with Gasteiger partial charge in [0.25, 0.3) is 0 Å². The summed E-state index contributed by atoms with van der Waals surface area (Å²) in [6.07, 6.45) is 10.7. The summed E-state index contributed by atoms with van der Waals surface area (Å²) in [5, 5.41) is 22.7. The van der Waals surface area contributed by atoms with Gasteiger partial charge >= 0.3 is 6.09 Å². The summed E-state index contributed by atoms with van der Waals surface area (Å²) < 4.78 is 5.08. The minimum Gasteiger partial charge on any atom is -0.464 e. The Kier molecular flexibility index (Phi) is 5.98. The van der Waals surface area contributed by atoms with Crippen molar-refractivity contribution in [3.63, 3.8) is 0 Å². The maximum atomic E-state index is 11.9. The molecule has 5 heterocycles. The van der Waals surface area contributed by atoms with E-state index in [1.807, 2.05) is 51.4 Å². The van der Waals surface area contributed by atoms with Gasteiger partial charge in [0.1, 0.15) is 17.0 Å². The van der Waals surface area contributed by atoms with Gasteiger partial charge in [0.2, 0.25) is 0 Å². The molecule has 0 saturated heterocycles. The van der Waals surface area contributed by atoms with Crippen LogP contribution in [0.1, 0.15) is 57.0 Å². The molecule has 0 aliphatic heterocycles. The van der Waals surface area contributed by atoms with Crippen LogP contribution in [0.5, 0.6) is 0 Å². The number of carboxylic acid groups (broad SMARTS) is 1. The molecule has 1 fully saturated rings. The lowest BCUT2D eigenvalue weighted by molar-refractivity contribution is 0.195. The van der Waals surface area contributed by atoms with Gasteiger partial charge < -0.3 is 14.8 Å². The van der Waals surface area contributed by atoms with Crippen molar-refractivity contribution in [2.24, 2.45) is 5.92 Å². The normalized spacial score (nSPS) is 14.4. The van der Waals surface area contributed by atoms with Crippen molar-refractivity contribution in [2.45, 2.75) is 58.5 Å². The molecule has 0 spiro atoms. The van der Waals surface area contributed by atoms with Crippen LogP contribution in [0, 0.1) is 5.92 Å². The van der Waals surface area contributed by atoms with E-state index in [1.165, 1.54) is 29.4 Å². The topological polar surface area (TPSA) is 115 Å². The van der Waals surface area contributed by atoms with E-state index in [9.17, 15) is 9.90 Å². The lowest BCUT2D eigenvalue weighted by atomic mass is 9.85. The molecule has 1 aliphatic carbocycles. The first-order valence-corrected chi connectivity index (χ1v) is 13.1. The largest absolute Gasteiger partial charge is 0.464 e. The highest BCUT2D eigenvalue weighted by atomic mass is 16.4. The summed E-state index contributed by atoms with van der Waals surface area (Å²) >= 11 is 0. The summed E-state index contributed by atoms with van der Waals surface area (Å²) in [4.78, 5) is 21.1. The van der Waals surface area contributed by atoms with E-state index in [4.69, 9.17) is 4.98 Å². The fourth-order valence-corrected chi connectivity index (χ4v) is 5.04. The lowest BCUT2D eigenvalue weighted by Crippen LogP contribution is -2.26. The van der Waals surface area contributed by atoms with Gasteiger partial charge in [0.05, 0.1) is 18.4 Å². The number of fused-ring (bicyclic) bond motifs is 2. The minimum atomic E-state index is -1.04. The Labute approximate surface area is 220 Å². The fourth-order valence-electron chi connectivity index (χ4n) is 5.04. The second-order valence-corrected chi connectivity index (χ2v) is 11.3. The average molecular weight is 513 g/mol. The zero-order valence-corrected chi connectivity index (χ0v) is 21.9. The highest BCUT2D eigenvalue weighted by molar-refractivity contribution is 5.90. The molecule has 196 valence electrons. The number of pyridine rings is 2. The Morgan fingerprint density at radius 3 is 2.74 bits per heavy atom. The Hall–Kier alpha value is -4.05. The monoisotopic (exact) mass is 512 g/mol. The standard InChI is InChI=1S/C28H32N8O2/c1-28(2,3)24-10-20-9-21(13-30-26(20)36(24)27(37)38)23-17-35(33-32-23)16-22-15-34-14-19(7-8-25(34)31-22)12-29-11-18-5-4-6-18/h7-10,13-15,17-18,29H,4-6,11-12,16H2,1-3H3,(H,37,38). The Bertz CT molecular complexity index is 1630. The summed E-state index contributed by atoms with van der Waals surface area (Å²) in [6, 6.07) is 7.97. The van der Waals surface area contributed by atoms with Gasteiger partial charge in [-0.15, -0.1) is 5.10 Å². The predicted octanol–water partition coefficient (Wildman–Crippen LogP) is 4.70. The van der Waals surface area contributed by atoms with E-state index >= 15 is 0 Å².